The predicted octanol–water partition coefficient (Wildman–Crippen LogP) is 3.13. The molecule has 1 saturated heterocycles. The van der Waals surface area contributed by atoms with Crippen LogP contribution >= 0.6 is 11.6 Å². The Balaban J connectivity index is 2.28. The van der Waals surface area contributed by atoms with Crippen molar-refractivity contribution in [2.24, 2.45) is 0 Å². The maximum atomic E-state index is 8.94. The van der Waals surface area contributed by atoms with Gasteiger partial charge in [0.25, 0.3) is 0 Å². The first-order valence-corrected chi connectivity index (χ1v) is 7.18. The second-order valence-corrected chi connectivity index (χ2v) is 5.55. The van der Waals surface area contributed by atoms with Crippen LogP contribution in [0.25, 0.3) is 0 Å². The van der Waals surface area contributed by atoms with Crippen molar-refractivity contribution >= 4 is 17.3 Å². The van der Waals surface area contributed by atoms with E-state index in [1.807, 2.05) is 18.2 Å². The minimum absolute atomic E-state index is 0.511. The van der Waals surface area contributed by atoms with Gasteiger partial charge in [0.1, 0.15) is 6.07 Å². The first-order valence-electron chi connectivity index (χ1n) is 6.80. The van der Waals surface area contributed by atoms with E-state index in [1.54, 1.807) is 0 Å². The average molecular weight is 278 g/mol. The van der Waals surface area contributed by atoms with Crippen LogP contribution in [0, 0.1) is 11.3 Å². The molecular formula is C15H20ClN3. The molecule has 1 aromatic carbocycles. The van der Waals surface area contributed by atoms with Gasteiger partial charge in [-0.3, -0.25) is 0 Å². The molecule has 3 nitrogen and oxygen atoms in total. The number of halogens is 1. The molecule has 1 fully saturated rings. The van der Waals surface area contributed by atoms with Gasteiger partial charge in [-0.1, -0.05) is 18.5 Å². The van der Waals surface area contributed by atoms with Gasteiger partial charge in [-0.2, -0.15) is 5.26 Å². The van der Waals surface area contributed by atoms with E-state index in [0.717, 1.165) is 38.2 Å². The van der Waals surface area contributed by atoms with E-state index in [0.29, 0.717) is 16.6 Å². The minimum atomic E-state index is 0.511. The summed E-state index contributed by atoms with van der Waals surface area (Å²) in [6.07, 6.45) is 2.27. The molecule has 4 heteroatoms. The molecule has 0 amide bonds. The molecule has 1 heterocycles. The minimum Gasteiger partial charge on any atom is -0.367 e. The van der Waals surface area contributed by atoms with Gasteiger partial charge < -0.3 is 9.80 Å². The van der Waals surface area contributed by atoms with Crippen molar-refractivity contribution in [3.63, 3.8) is 0 Å². The van der Waals surface area contributed by atoms with Gasteiger partial charge in [0.15, 0.2) is 0 Å². The number of rotatable bonds is 2. The molecule has 0 N–H and O–H groups in total. The Bertz CT molecular complexity index is 481. The fourth-order valence-electron chi connectivity index (χ4n) is 2.71. The van der Waals surface area contributed by atoms with Gasteiger partial charge in [-0.25, -0.2) is 0 Å². The van der Waals surface area contributed by atoms with Crippen molar-refractivity contribution in [3.05, 3.63) is 28.8 Å². The molecule has 102 valence electrons. The molecule has 1 aromatic rings. The van der Waals surface area contributed by atoms with Crippen LogP contribution in [0.5, 0.6) is 0 Å². The van der Waals surface area contributed by atoms with Crippen molar-refractivity contribution in [2.75, 3.05) is 31.6 Å². The van der Waals surface area contributed by atoms with Crippen LogP contribution in [0.15, 0.2) is 18.2 Å². The highest BCUT2D eigenvalue weighted by atomic mass is 35.5. The topological polar surface area (TPSA) is 30.3 Å². The van der Waals surface area contributed by atoms with E-state index in [9.17, 15) is 0 Å². The van der Waals surface area contributed by atoms with E-state index in [2.05, 4.69) is 29.8 Å². The standard InChI is InChI=1S/C15H20ClN3/c1-3-13-11-18(2)7-4-8-19(13)14-6-5-12(10-17)15(16)9-14/h5-6,9,13H,3-4,7-8,11H2,1-2H3. The molecule has 1 unspecified atom stereocenters. The van der Waals surface area contributed by atoms with E-state index in [-0.39, 0.29) is 0 Å². The molecular weight excluding hydrogens is 258 g/mol. The Morgan fingerprint density at radius 3 is 2.84 bits per heavy atom. The Hall–Kier alpha value is -1.24. The van der Waals surface area contributed by atoms with Crippen molar-refractivity contribution in [1.82, 2.24) is 4.90 Å². The van der Waals surface area contributed by atoms with Crippen LogP contribution in [-0.2, 0) is 0 Å². The molecule has 1 aliphatic rings. The quantitative estimate of drug-likeness (QED) is 0.832. The Kier molecular flexibility index (Phi) is 4.68. The second-order valence-electron chi connectivity index (χ2n) is 5.15. The third-order valence-electron chi connectivity index (χ3n) is 3.78. The summed E-state index contributed by atoms with van der Waals surface area (Å²) in [6, 6.07) is 8.38. The summed E-state index contributed by atoms with van der Waals surface area (Å²) >= 11 is 6.15. The molecule has 19 heavy (non-hydrogen) atoms. The zero-order valence-electron chi connectivity index (χ0n) is 11.6. The molecule has 0 saturated carbocycles. The van der Waals surface area contributed by atoms with E-state index >= 15 is 0 Å². The smallest absolute Gasteiger partial charge is 0.101 e. The molecule has 0 aromatic heterocycles. The van der Waals surface area contributed by atoms with Gasteiger partial charge in [-0.05, 0) is 44.6 Å². The second kappa shape index (κ2) is 6.27. The average Bonchev–Trinajstić information content (AvgIpc) is 2.60. The summed E-state index contributed by atoms with van der Waals surface area (Å²) in [7, 11) is 2.18. The summed E-state index contributed by atoms with van der Waals surface area (Å²) < 4.78 is 0. The number of anilines is 1. The van der Waals surface area contributed by atoms with Gasteiger partial charge in [0.05, 0.1) is 10.6 Å². The summed E-state index contributed by atoms with van der Waals surface area (Å²) in [5.41, 5.74) is 1.68. The highest BCUT2D eigenvalue weighted by Gasteiger charge is 2.22. The lowest BCUT2D eigenvalue weighted by molar-refractivity contribution is 0.328. The molecule has 2 rings (SSSR count). The Morgan fingerprint density at radius 2 is 2.21 bits per heavy atom. The number of nitrogens with zero attached hydrogens (tertiary/aromatic N) is 3. The number of nitriles is 1. The van der Waals surface area contributed by atoms with Gasteiger partial charge in [0, 0.05) is 24.8 Å². The lowest BCUT2D eigenvalue weighted by Crippen LogP contribution is -2.39. The number of likely N-dealkylation sites (N-methyl/N-ethyl adjacent to an activating group) is 1. The van der Waals surface area contributed by atoms with Crippen LogP contribution in [-0.4, -0.2) is 37.6 Å². The molecule has 1 atom stereocenters. The molecule has 0 spiro atoms. The zero-order valence-corrected chi connectivity index (χ0v) is 12.3. The van der Waals surface area contributed by atoms with Crippen LogP contribution in [0.2, 0.25) is 5.02 Å². The highest BCUT2D eigenvalue weighted by molar-refractivity contribution is 6.32. The first-order chi connectivity index (χ1) is 9.15. The van der Waals surface area contributed by atoms with Crippen molar-refractivity contribution in [1.29, 1.82) is 5.26 Å². The predicted molar refractivity (Wildman–Crippen MR) is 79.7 cm³/mol. The third-order valence-corrected chi connectivity index (χ3v) is 4.09. The maximum Gasteiger partial charge on any atom is 0.101 e. The Labute approximate surface area is 120 Å². The fraction of sp³-hybridized carbons (Fsp3) is 0.533. The van der Waals surface area contributed by atoms with Crippen LogP contribution < -0.4 is 4.90 Å². The van der Waals surface area contributed by atoms with E-state index < -0.39 is 0 Å². The monoisotopic (exact) mass is 277 g/mol. The Morgan fingerprint density at radius 1 is 1.42 bits per heavy atom. The van der Waals surface area contributed by atoms with Gasteiger partial charge in [0.2, 0.25) is 0 Å². The van der Waals surface area contributed by atoms with Gasteiger partial charge >= 0.3 is 0 Å². The fourth-order valence-corrected chi connectivity index (χ4v) is 2.92. The maximum absolute atomic E-state index is 8.94. The van der Waals surface area contributed by atoms with Crippen molar-refractivity contribution in [3.8, 4) is 6.07 Å². The SMILES string of the molecule is CCC1CN(C)CCCN1c1ccc(C#N)c(Cl)c1. The number of hydrogen-bond donors (Lipinski definition) is 0. The highest BCUT2D eigenvalue weighted by Crippen LogP contribution is 2.27. The molecule has 0 radical (unpaired) electrons. The summed E-state index contributed by atoms with van der Waals surface area (Å²) in [5, 5.41) is 9.49. The van der Waals surface area contributed by atoms with E-state index in [1.165, 1.54) is 0 Å². The third kappa shape index (κ3) is 3.20. The van der Waals surface area contributed by atoms with Crippen LogP contribution in [0.3, 0.4) is 0 Å². The summed E-state index contributed by atoms with van der Waals surface area (Å²) in [6.45, 7) is 5.48. The normalized spacial score (nSPS) is 20.9. The van der Waals surface area contributed by atoms with Gasteiger partial charge in [-0.15, -0.1) is 0 Å². The largest absolute Gasteiger partial charge is 0.367 e. The van der Waals surface area contributed by atoms with Crippen LogP contribution in [0.4, 0.5) is 5.69 Å². The summed E-state index contributed by atoms with van der Waals surface area (Å²) in [4.78, 5) is 4.82. The van der Waals surface area contributed by atoms with Crippen LogP contribution in [0.1, 0.15) is 25.3 Å². The molecule has 0 aliphatic carbocycles. The lowest BCUT2D eigenvalue weighted by Gasteiger charge is -2.32. The lowest BCUT2D eigenvalue weighted by atomic mass is 10.1. The first kappa shape index (κ1) is 14.2. The molecule has 0 bridgehead atoms. The van der Waals surface area contributed by atoms with Crippen molar-refractivity contribution in [2.45, 2.75) is 25.8 Å². The zero-order chi connectivity index (χ0) is 13.8. The van der Waals surface area contributed by atoms with E-state index in [4.69, 9.17) is 16.9 Å². The van der Waals surface area contributed by atoms with Crippen molar-refractivity contribution < 1.29 is 0 Å². The number of hydrogen-bond acceptors (Lipinski definition) is 3. The summed E-state index contributed by atoms with van der Waals surface area (Å²) in [5.74, 6) is 0. The molecule has 1 aliphatic heterocycles. The number of benzene rings is 1.